The molecule has 1 unspecified atom stereocenters. The maximum Gasteiger partial charge on any atom is 0.119 e. The van der Waals surface area contributed by atoms with Crippen molar-refractivity contribution in [2.24, 2.45) is 0 Å². The smallest absolute Gasteiger partial charge is 0.119 e. The van der Waals surface area contributed by atoms with Gasteiger partial charge in [0.05, 0.1) is 0 Å². The Bertz CT molecular complexity index is 687. The summed E-state index contributed by atoms with van der Waals surface area (Å²) in [6.07, 6.45) is 11.6. The van der Waals surface area contributed by atoms with E-state index < -0.39 is 0 Å². The van der Waals surface area contributed by atoms with Crippen LogP contribution >= 0.6 is 0 Å². The van der Waals surface area contributed by atoms with Gasteiger partial charge in [0, 0.05) is 11.0 Å². The fraction of sp³-hybridized carbons (Fsp3) is 0.556. The van der Waals surface area contributed by atoms with E-state index in [0.29, 0.717) is 11.7 Å². The molecule has 1 atom stereocenters. The molecule has 1 heteroatoms. The molecule has 0 aliphatic heterocycles. The Labute approximate surface area is 173 Å². The second-order valence-corrected chi connectivity index (χ2v) is 8.77. The van der Waals surface area contributed by atoms with Gasteiger partial charge in [0.25, 0.3) is 0 Å². The number of unbranched alkanes of at least 4 members (excludes halogenated alkanes) is 5. The highest BCUT2D eigenvalue weighted by molar-refractivity contribution is 5.51. The molecule has 154 valence electrons. The van der Waals surface area contributed by atoms with Crippen LogP contribution in [0.15, 0.2) is 48.5 Å². The average Bonchev–Trinajstić information content (AvgIpc) is 2.70. The van der Waals surface area contributed by atoms with Gasteiger partial charge in [-0.1, -0.05) is 115 Å². The molecule has 0 spiro atoms. The van der Waals surface area contributed by atoms with Gasteiger partial charge in [0.2, 0.25) is 0 Å². The lowest BCUT2D eigenvalue weighted by atomic mass is 9.72. The third-order valence-electron chi connectivity index (χ3n) is 6.18. The maximum atomic E-state index is 10.9. The zero-order valence-corrected chi connectivity index (χ0v) is 18.5. The van der Waals surface area contributed by atoms with Crippen molar-refractivity contribution in [3.8, 4) is 5.75 Å². The van der Waals surface area contributed by atoms with Crippen molar-refractivity contribution >= 4 is 0 Å². The zero-order valence-electron chi connectivity index (χ0n) is 18.5. The Kier molecular flexibility index (Phi) is 9.09. The first-order valence-corrected chi connectivity index (χ1v) is 11.4. The molecule has 0 heterocycles. The minimum absolute atomic E-state index is 0.213. The Hall–Kier alpha value is -1.76. The topological polar surface area (TPSA) is 20.2 Å². The molecule has 0 radical (unpaired) electrons. The van der Waals surface area contributed by atoms with Crippen LogP contribution < -0.4 is 0 Å². The lowest BCUT2D eigenvalue weighted by molar-refractivity contribution is 0.442. The van der Waals surface area contributed by atoms with E-state index in [4.69, 9.17) is 0 Å². The van der Waals surface area contributed by atoms with E-state index in [1.807, 2.05) is 12.1 Å². The summed E-state index contributed by atoms with van der Waals surface area (Å²) in [5.41, 5.74) is 3.51. The van der Waals surface area contributed by atoms with Crippen LogP contribution in [0, 0.1) is 0 Å². The molecule has 2 aromatic rings. The van der Waals surface area contributed by atoms with E-state index in [1.165, 1.54) is 68.9 Å². The fourth-order valence-electron chi connectivity index (χ4n) is 4.55. The second-order valence-electron chi connectivity index (χ2n) is 8.77. The second kappa shape index (κ2) is 11.3. The van der Waals surface area contributed by atoms with Gasteiger partial charge in [0.1, 0.15) is 5.75 Å². The monoisotopic (exact) mass is 380 g/mol. The van der Waals surface area contributed by atoms with Crippen molar-refractivity contribution in [3.05, 3.63) is 65.2 Å². The number of phenolic OH excluding ortho intramolecular Hbond substituents is 1. The first-order valence-electron chi connectivity index (χ1n) is 11.4. The van der Waals surface area contributed by atoms with Crippen LogP contribution in [-0.2, 0) is 5.41 Å². The molecule has 0 saturated carbocycles. The number of phenols is 1. The van der Waals surface area contributed by atoms with Gasteiger partial charge in [-0.25, -0.2) is 0 Å². The molecular formula is C27H40O. The maximum absolute atomic E-state index is 10.9. The molecule has 28 heavy (non-hydrogen) atoms. The molecular weight excluding hydrogens is 340 g/mol. The molecule has 1 N–H and O–H groups in total. The fourth-order valence-corrected chi connectivity index (χ4v) is 4.55. The highest BCUT2D eigenvalue weighted by Crippen LogP contribution is 2.43. The molecule has 0 aliphatic rings. The van der Waals surface area contributed by atoms with Crippen LogP contribution in [0.5, 0.6) is 5.75 Å². The van der Waals surface area contributed by atoms with Crippen molar-refractivity contribution in [2.75, 3.05) is 0 Å². The predicted octanol–water partition coefficient (Wildman–Crippen LogP) is 8.35. The van der Waals surface area contributed by atoms with E-state index >= 15 is 0 Å². The largest absolute Gasteiger partial charge is 0.508 e. The van der Waals surface area contributed by atoms with Crippen LogP contribution in [0.2, 0.25) is 0 Å². The number of aromatic hydroxyl groups is 1. The highest BCUT2D eigenvalue weighted by atomic mass is 16.3. The minimum atomic E-state index is -0.213. The van der Waals surface area contributed by atoms with E-state index in [9.17, 15) is 5.11 Å². The summed E-state index contributed by atoms with van der Waals surface area (Å²) in [5, 5.41) is 10.9. The third-order valence-corrected chi connectivity index (χ3v) is 6.18. The van der Waals surface area contributed by atoms with Crippen molar-refractivity contribution in [2.45, 2.75) is 96.8 Å². The summed E-state index contributed by atoms with van der Waals surface area (Å²) in [6, 6.07) is 16.8. The summed E-state index contributed by atoms with van der Waals surface area (Å²) in [4.78, 5) is 0. The zero-order chi connectivity index (χ0) is 20.4. The standard InChI is InChI=1S/C27H40O/c1-5-7-8-9-10-12-17-22(16-6-2)24-20-15-21-25(28)26(24)27(3,4)23-18-13-11-14-19-23/h11,13-15,18-22,28H,5-10,12,16-17H2,1-4H3. The lowest BCUT2D eigenvalue weighted by Crippen LogP contribution is -2.22. The summed E-state index contributed by atoms with van der Waals surface area (Å²) >= 11 is 0. The SMILES string of the molecule is CCCCCCCCC(CCC)c1cccc(O)c1C(C)(C)c1ccccc1. The quantitative estimate of drug-likeness (QED) is 0.367. The van der Waals surface area contributed by atoms with Crippen LogP contribution in [0.4, 0.5) is 0 Å². The van der Waals surface area contributed by atoms with Gasteiger partial charge in [-0.2, -0.15) is 0 Å². The Morgan fingerprint density at radius 3 is 2.11 bits per heavy atom. The van der Waals surface area contributed by atoms with Gasteiger partial charge in [-0.3, -0.25) is 0 Å². The molecule has 2 rings (SSSR count). The van der Waals surface area contributed by atoms with Gasteiger partial charge in [-0.15, -0.1) is 0 Å². The summed E-state index contributed by atoms with van der Waals surface area (Å²) < 4.78 is 0. The van der Waals surface area contributed by atoms with Crippen LogP contribution in [0.1, 0.15) is 108 Å². The molecule has 2 aromatic carbocycles. The molecule has 0 aliphatic carbocycles. The molecule has 1 nitrogen and oxygen atoms in total. The molecule has 0 fully saturated rings. The lowest BCUT2D eigenvalue weighted by Gasteiger charge is -2.32. The summed E-state index contributed by atoms with van der Waals surface area (Å²) in [5.74, 6) is 0.969. The van der Waals surface area contributed by atoms with Crippen LogP contribution in [0.3, 0.4) is 0 Å². The summed E-state index contributed by atoms with van der Waals surface area (Å²) in [7, 11) is 0. The Balaban J connectivity index is 2.26. The Morgan fingerprint density at radius 1 is 0.750 bits per heavy atom. The first-order chi connectivity index (χ1) is 13.5. The van der Waals surface area contributed by atoms with E-state index in [-0.39, 0.29) is 5.41 Å². The average molecular weight is 381 g/mol. The van der Waals surface area contributed by atoms with E-state index in [2.05, 4.69) is 64.1 Å². The van der Waals surface area contributed by atoms with E-state index in [1.54, 1.807) is 0 Å². The molecule has 0 saturated heterocycles. The number of benzene rings is 2. The number of hydrogen-bond donors (Lipinski definition) is 1. The normalized spacial score (nSPS) is 12.9. The minimum Gasteiger partial charge on any atom is -0.508 e. The van der Waals surface area contributed by atoms with Crippen LogP contribution in [-0.4, -0.2) is 5.11 Å². The molecule has 0 aromatic heterocycles. The third kappa shape index (κ3) is 5.87. The van der Waals surface area contributed by atoms with Gasteiger partial charge in [0.15, 0.2) is 0 Å². The number of hydrogen-bond acceptors (Lipinski definition) is 1. The summed E-state index contributed by atoms with van der Waals surface area (Å²) in [6.45, 7) is 9.04. The van der Waals surface area contributed by atoms with Gasteiger partial charge >= 0.3 is 0 Å². The van der Waals surface area contributed by atoms with Gasteiger partial charge < -0.3 is 5.11 Å². The van der Waals surface area contributed by atoms with Crippen molar-refractivity contribution in [3.63, 3.8) is 0 Å². The molecule has 0 bridgehead atoms. The number of rotatable bonds is 12. The molecule has 0 amide bonds. The van der Waals surface area contributed by atoms with Crippen molar-refractivity contribution in [1.29, 1.82) is 0 Å². The van der Waals surface area contributed by atoms with Crippen molar-refractivity contribution in [1.82, 2.24) is 0 Å². The highest BCUT2D eigenvalue weighted by Gasteiger charge is 2.30. The van der Waals surface area contributed by atoms with Crippen LogP contribution in [0.25, 0.3) is 0 Å². The van der Waals surface area contributed by atoms with Crippen molar-refractivity contribution < 1.29 is 5.11 Å². The predicted molar refractivity (Wildman–Crippen MR) is 122 cm³/mol. The van der Waals surface area contributed by atoms with E-state index in [0.717, 1.165) is 5.56 Å². The Morgan fingerprint density at radius 2 is 1.43 bits per heavy atom. The first kappa shape index (κ1) is 22.5. The van der Waals surface area contributed by atoms with Gasteiger partial charge in [-0.05, 0) is 36.0 Å².